The summed E-state index contributed by atoms with van der Waals surface area (Å²) in [4.78, 5) is 2.38. The molecule has 0 aromatic heterocycles. The molecule has 1 unspecified atom stereocenters. The molecule has 1 atom stereocenters. The van der Waals surface area contributed by atoms with Crippen LogP contribution in [0.2, 0.25) is 0 Å². The maximum absolute atomic E-state index is 9.78. The summed E-state index contributed by atoms with van der Waals surface area (Å²) in [7, 11) is 2.01. The van der Waals surface area contributed by atoms with Crippen LogP contribution in [0.5, 0.6) is 5.75 Å². The Kier molecular flexibility index (Phi) is 3.46. The fraction of sp³-hybridized carbons (Fsp3) is 0.538. The SMILES string of the molecule is CNC1CCN(Cc2cc(C)ccc2O)C1. The highest BCUT2D eigenvalue weighted by atomic mass is 16.3. The lowest BCUT2D eigenvalue weighted by Gasteiger charge is -2.17. The number of hydrogen-bond acceptors (Lipinski definition) is 3. The first-order valence-corrected chi connectivity index (χ1v) is 5.87. The molecule has 0 aliphatic carbocycles. The van der Waals surface area contributed by atoms with E-state index in [0.717, 1.165) is 25.2 Å². The first-order valence-electron chi connectivity index (χ1n) is 5.87. The summed E-state index contributed by atoms with van der Waals surface area (Å²) < 4.78 is 0. The van der Waals surface area contributed by atoms with E-state index in [9.17, 15) is 5.11 Å². The second-order valence-electron chi connectivity index (χ2n) is 4.64. The van der Waals surface area contributed by atoms with E-state index >= 15 is 0 Å². The molecule has 88 valence electrons. The van der Waals surface area contributed by atoms with Gasteiger partial charge in [-0.1, -0.05) is 17.7 Å². The average molecular weight is 220 g/mol. The minimum Gasteiger partial charge on any atom is -0.508 e. The zero-order chi connectivity index (χ0) is 11.5. The number of phenolic OH excluding ortho intramolecular Hbond substituents is 1. The van der Waals surface area contributed by atoms with Crippen molar-refractivity contribution in [1.82, 2.24) is 10.2 Å². The van der Waals surface area contributed by atoms with Crippen molar-refractivity contribution in [3.63, 3.8) is 0 Å². The lowest BCUT2D eigenvalue weighted by molar-refractivity contribution is 0.316. The third-order valence-electron chi connectivity index (χ3n) is 3.31. The van der Waals surface area contributed by atoms with Crippen LogP contribution < -0.4 is 5.32 Å². The van der Waals surface area contributed by atoms with Crippen molar-refractivity contribution in [2.75, 3.05) is 20.1 Å². The first kappa shape index (κ1) is 11.4. The number of aromatic hydroxyl groups is 1. The lowest BCUT2D eigenvalue weighted by atomic mass is 10.1. The van der Waals surface area contributed by atoms with Gasteiger partial charge in [-0.05, 0) is 26.5 Å². The molecule has 0 amide bonds. The van der Waals surface area contributed by atoms with Crippen LogP contribution in [0.4, 0.5) is 0 Å². The Hall–Kier alpha value is -1.06. The maximum atomic E-state index is 9.78. The predicted molar refractivity (Wildman–Crippen MR) is 65.6 cm³/mol. The quantitative estimate of drug-likeness (QED) is 0.810. The standard InChI is InChI=1S/C13H20N2O/c1-10-3-4-13(16)11(7-10)8-15-6-5-12(9-15)14-2/h3-4,7,12,14,16H,5-6,8-9H2,1-2H3. The average Bonchev–Trinajstić information content (AvgIpc) is 2.71. The highest BCUT2D eigenvalue weighted by Gasteiger charge is 2.21. The lowest BCUT2D eigenvalue weighted by Crippen LogP contribution is -2.29. The Labute approximate surface area is 97.1 Å². The first-order chi connectivity index (χ1) is 7.69. The van der Waals surface area contributed by atoms with Crippen molar-refractivity contribution < 1.29 is 5.11 Å². The molecule has 1 heterocycles. The van der Waals surface area contributed by atoms with Gasteiger partial charge in [-0.15, -0.1) is 0 Å². The van der Waals surface area contributed by atoms with Crippen LogP contribution in [-0.2, 0) is 6.54 Å². The molecule has 2 N–H and O–H groups in total. The van der Waals surface area contributed by atoms with Gasteiger partial charge in [-0.2, -0.15) is 0 Å². The van der Waals surface area contributed by atoms with Crippen LogP contribution in [0.15, 0.2) is 18.2 Å². The van der Waals surface area contributed by atoms with E-state index in [1.807, 2.05) is 13.1 Å². The number of likely N-dealkylation sites (tertiary alicyclic amines) is 1. The highest BCUT2D eigenvalue weighted by molar-refractivity contribution is 5.35. The van der Waals surface area contributed by atoms with Gasteiger partial charge in [0.2, 0.25) is 0 Å². The van der Waals surface area contributed by atoms with E-state index < -0.39 is 0 Å². The predicted octanol–water partition coefficient (Wildman–Crippen LogP) is 1.49. The Morgan fingerprint density at radius 3 is 3.00 bits per heavy atom. The number of benzene rings is 1. The molecule has 1 aromatic carbocycles. The van der Waals surface area contributed by atoms with Gasteiger partial charge in [-0.25, -0.2) is 0 Å². The number of likely N-dealkylation sites (N-methyl/N-ethyl adjacent to an activating group) is 1. The fourth-order valence-corrected chi connectivity index (χ4v) is 2.29. The number of aryl methyl sites for hydroxylation is 1. The van der Waals surface area contributed by atoms with E-state index in [1.165, 1.54) is 12.0 Å². The zero-order valence-corrected chi connectivity index (χ0v) is 10.0. The summed E-state index contributed by atoms with van der Waals surface area (Å²) in [5, 5.41) is 13.1. The summed E-state index contributed by atoms with van der Waals surface area (Å²) >= 11 is 0. The molecule has 0 spiro atoms. The maximum Gasteiger partial charge on any atom is 0.120 e. The van der Waals surface area contributed by atoms with Gasteiger partial charge in [-0.3, -0.25) is 4.90 Å². The molecule has 2 rings (SSSR count). The molecular weight excluding hydrogens is 200 g/mol. The Balaban J connectivity index is 2.01. The Bertz CT molecular complexity index is 365. The topological polar surface area (TPSA) is 35.5 Å². The van der Waals surface area contributed by atoms with E-state index in [-0.39, 0.29) is 0 Å². The molecule has 0 bridgehead atoms. The largest absolute Gasteiger partial charge is 0.508 e. The minimum atomic E-state index is 0.415. The number of rotatable bonds is 3. The smallest absolute Gasteiger partial charge is 0.120 e. The number of hydrogen-bond donors (Lipinski definition) is 2. The number of phenols is 1. The van der Waals surface area contributed by atoms with Gasteiger partial charge in [0.15, 0.2) is 0 Å². The molecule has 1 aliphatic rings. The molecule has 1 fully saturated rings. The van der Waals surface area contributed by atoms with Gasteiger partial charge in [0.1, 0.15) is 5.75 Å². The van der Waals surface area contributed by atoms with Gasteiger partial charge in [0.25, 0.3) is 0 Å². The van der Waals surface area contributed by atoms with Crippen molar-refractivity contribution in [1.29, 1.82) is 0 Å². The van der Waals surface area contributed by atoms with E-state index in [0.29, 0.717) is 11.8 Å². The second-order valence-corrected chi connectivity index (χ2v) is 4.64. The van der Waals surface area contributed by atoms with Crippen LogP contribution in [0, 0.1) is 6.92 Å². The second kappa shape index (κ2) is 4.85. The fourth-order valence-electron chi connectivity index (χ4n) is 2.29. The van der Waals surface area contributed by atoms with Gasteiger partial charge < -0.3 is 10.4 Å². The normalized spacial score (nSPS) is 21.5. The van der Waals surface area contributed by atoms with Crippen molar-refractivity contribution in [2.24, 2.45) is 0 Å². The van der Waals surface area contributed by atoms with E-state index in [2.05, 4.69) is 23.2 Å². The van der Waals surface area contributed by atoms with Crippen molar-refractivity contribution in [2.45, 2.75) is 25.9 Å². The Morgan fingerprint density at radius 2 is 2.31 bits per heavy atom. The van der Waals surface area contributed by atoms with Gasteiger partial charge in [0.05, 0.1) is 0 Å². The summed E-state index contributed by atoms with van der Waals surface area (Å²) in [5.74, 6) is 0.415. The monoisotopic (exact) mass is 220 g/mol. The number of nitrogens with one attached hydrogen (secondary N) is 1. The molecule has 1 saturated heterocycles. The molecule has 3 heteroatoms. The van der Waals surface area contributed by atoms with Gasteiger partial charge in [0, 0.05) is 31.2 Å². The molecule has 0 radical (unpaired) electrons. The van der Waals surface area contributed by atoms with Crippen LogP contribution in [0.1, 0.15) is 17.5 Å². The van der Waals surface area contributed by atoms with Crippen LogP contribution in [0.3, 0.4) is 0 Å². The molecular formula is C13H20N2O. The summed E-state index contributed by atoms with van der Waals surface area (Å²) in [6.07, 6.45) is 1.20. The van der Waals surface area contributed by atoms with E-state index in [1.54, 1.807) is 6.07 Å². The van der Waals surface area contributed by atoms with Crippen LogP contribution in [-0.4, -0.2) is 36.2 Å². The third-order valence-corrected chi connectivity index (χ3v) is 3.31. The summed E-state index contributed by atoms with van der Waals surface area (Å²) in [6.45, 7) is 5.10. The molecule has 16 heavy (non-hydrogen) atoms. The molecule has 1 aromatic rings. The Morgan fingerprint density at radius 1 is 1.50 bits per heavy atom. The molecule has 3 nitrogen and oxygen atoms in total. The van der Waals surface area contributed by atoms with Crippen LogP contribution >= 0.6 is 0 Å². The van der Waals surface area contributed by atoms with E-state index in [4.69, 9.17) is 0 Å². The van der Waals surface area contributed by atoms with Crippen LogP contribution in [0.25, 0.3) is 0 Å². The van der Waals surface area contributed by atoms with Crippen molar-refractivity contribution in [3.05, 3.63) is 29.3 Å². The minimum absolute atomic E-state index is 0.415. The summed E-state index contributed by atoms with van der Waals surface area (Å²) in [5.41, 5.74) is 2.24. The van der Waals surface area contributed by atoms with Crippen molar-refractivity contribution in [3.8, 4) is 5.75 Å². The molecule has 1 aliphatic heterocycles. The van der Waals surface area contributed by atoms with Gasteiger partial charge >= 0.3 is 0 Å². The number of nitrogens with zero attached hydrogens (tertiary/aromatic N) is 1. The third kappa shape index (κ3) is 2.54. The molecule has 0 saturated carbocycles. The van der Waals surface area contributed by atoms with Crippen molar-refractivity contribution >= 4 is 0 Å². The highest BCUT2D eigenvalue weighted by Crippen LogP contribution is 2.22. The zero-order valence-electron chi connectivity index (χ0n) is 10.0. The summed E-state index contributed by atoms with van der Waals surface area (Å²) in [6, 6.07) is 6.41.